The molecular formula is C20H17ClN4O5S. The van der Waals surface area contributed by atoms with Crippen molar-refractivity contribution in [1.82, 2.24) is 19.6 Å². The number of hydrogen-bond donors (Lipinski definition) is 1. The molecule has 1 aromatic carbocycles. The molecule has 3 aromatic rings. The highest BCUT2D eigenvalue weighted by atomic mass is 35.5. The topological polar surface area (TPSA) is 118 Å². The Morgan fingerprint density at radius 3 is 2.42 bits per heavy atom. The van der Waals surface area contributed by atoms with Crippen molar-refractivity contribution in [2.45, 2.75) is 23.9 Å². The Labute approximate surface area is 182 Å². The molecule has 160 valence electrons. The van der Waals surface area contributed by atoms with Crippen LogP contribution in [0.5, 0.6) is 0 Å². The Kier molecular flexibility index (Phi) is 4.86. The quantitative estimate of drug-likeness (QED) is 0.592. The number of amides is 3. The molecule has 0 radical (unpaired) electrons. The number of pyridine rings is 1. The summed E-state index contributed by atoms with van der Waals surface area (Å²) in [4.78, 5) is 43.5. The first kappa shape index (κ1) is 21.0. The van der Waals surface area contributed by atoms with Gasteiger partial charge in [0, 0.05) is 18.5 Å². The summed E-state index contributed by atoms with van der Waals surface area (Å²) in [7, 11) is -3.39. The summed E-state index contributed by atoms with van der Waals surface area (Å²) in [6.07, 6.45) is 2.52. The van der Waals surface area contributed by atoms with Crippen LogP contribution >= 0.6 is 11.6 Å². The molecule has 1 unspecified atom stereocenters. The predicted molar refractivity (Wildman–Crippen MR) is 112 cm³/mol. The Balaban J connectivity index is 1.65. The number of carbonyl (C=O) groups is 2. The van der Waals surface area contributed by atoms with Crippen molar-refractivity contribution >= 4 is 39.0 Å². The minimum atomic E-state index is -3.39. The lowest BCUT2D eigenvalue weighted by Gasteiger charge is -2.22. The van der Waals surface area contributed by atoms with E-state index in [0.29, 0.717) is 16.2 Å². The van der Waals surface area contributed by atoms with Crippen LogP contribution in [-0.4, -0.2) is 40.9 Å². The van der Waals surface area contributed by atoms with Crippen molar-refractivity contribution in [3.63, 3.8) is 0 Å². The van der Waals surface area contributed by atoms with Crippen LogP contribution in [0.2, 0.25) is 5.02 Å². The fourth-order valence-electron chi connectivity index (χ4n) is 3.44. The number of urea groups is 1. The van der Waals surface area contributed by atoms with Crippen molar-refractivity contribution in [2.75, 3.05) is 6.26 Å². The fourth-order valence-corrected chi connectivity index (χ4v) is 4.23. The van der Waals surface area contributed by atoms with Gasteiger partial charge in [-0.3, -0.25) is 18.9 Å². The molecule has 31 heavy (non-hydrogen) atoms. The van der Waals surface area contributed by atoms with E-state index in [2.05, 4.69) is 10.3 Å². The van der Waals surface area contributed by atoms with Crippen LogP contribution < -0.4 is 10.9 Å². The molecule has 1 atom stereocenters. The Hall–Kier alpha value is -3.24. The zero-order valence-electron chi connectivity index (χ0n) is 16.5. The molecule has 11 heteroatoms. The van der Waals surface area contributed by atoms with E-state index in [-0.39, 0.29) is 17.1 Å². The molecular weight excluding hydrogens is 444 g/mol. The fraction of sp³-hybridized carbons (Fsp3) is 0.200. The zero-order valence-corrected chi connectivity index (χ0v) is 18.1. The first-order valence-electron chi connectivity index (χ1n) is 9.11. The van der Waals surface area contributed by atoms with E-state index in [9.17, 15) is 22.8 Å². The van der Waals surface area contributed by atoms with Gasteiger partial charge in [-0.1, -0.05) is 23.7 Å². The third kappa shape index (κ3) is 3.68. The molecule has 1 N–H and O–H groups in total. The van der Waals surface area contributed by atoms with Gasteiger partial charge in [-0.05, 0) is 36.8 Å². The standard InChI is InChI=1S/C20H17ClN4O5S/c1-20(12-3-6-15(7-4-12)31(2,29)30)18(27)25(19(28)23-20)11-14-9-17(26)24-10-13(21)5-8-16(24)22-14/h3-10H,11H2,1-2H3,(H,23,28). The average Bonchev–Trinajstić information content (AvgIpc) is 2.92. The van der Waals surface area contributed by atoms with Gasteiger partial charge in [0.1, 0.15) is 11.2 Å². The Morgan fingerprint density at radius 1 is 1.10 bits per heavy atom. The summed E-state index contributed by atoms with van der Waals surface area (Å²) < 4.78 is 24.6. The smallest absolute Gasteiger partial charge is 0.319 e. The molecule has 3 amide bonds. The third-order valence-corrected chi connectivity index (χ3v) is 6.48. The molecule has 1 aliphatic heterocycles. The van der Waals surface area contributed by atoms with Crippen molar-refractivity contribution < 1.29 is 18.0 Å². The number of halogens is 1. The minimum absolute atomic E-state index is 0.106. The van der Waals surface area contributed by atoms with Crippen LogP contribution in [-0.2, 0) is 26.7 Å². The van der Waals surface area contributed by atoms with Gasteiger partial charge in [0.25, 0.3) is 11.5 Å². The molecule has 9 nitrogen and oxygen atoms in total. The van der Waals surface area contributed by atoms with Crippen molar-refractivity contribution in [3.8, 4) is 0 Å². The number of nitrogens with one attached hydrogen (secondary N) is 1. The van der Waals surface area contributed by atoms with Crippen molar-refractivity contribution in [2.24, 2.45) is 0 Å². The average molecular weight is 461 g/mol. The second-order valence-electron chi connectivity index (χ2n) is 7.40. The molecule has 0 aliphatic carbocycles. The molecule has 0 bridgehead atoms. The number of sulfone groups is 1. The summed E-state index contributed by atoms with van der Waals surface area (Å²) in [5.41, 5.74) is -0.770. The third-order valence-electron chi connectivity index (χ3n) is 5.13. The molecule has 0 saturated carbocycles. The van der Waals surface area contributed by atoms with Crippen LogP contribution in [0.15, 0.2) is 58.4 Å². The number of imide groups is 1. The molecule has 2 aromatic heterocycles. The van der Waals surface area contributed by atoms with Crippen LogP contribution in [0.25, 0.3) is 5.65 Å². The first-order valence-corrected chi connectivity index (χ1v) is 11.4. The zero-order chi connectivity index (χ0) is 22.6. The van der Waals surface area contributed by atoms with Gasteiger partial charge >= 0.3 is 6.03 Å². The minimum Gasteiger partial charge on any atom is -0.319 e. The highest BCUT2D eigenvalue weighted by Gasteiger charge is 2.49. The molecule has 1 fully saturated rings. The lowest BCUT2D eigenvalue weighted by molar-refractivity contribution is -0.131. The van der Waals surface area contributed by atoms with Crippen LogP contribution in [0, 0.1) is 0 Å². The summed E-state index contributed by atoms with van der Waals surface area (Å²) >= 11 is 5.90. The van der Waals surface area contributed by atoms with Gasteiger partial charge in [0.2, 0.25) is 0 Å². The number of carbonyl (C=O) groups excluding carboxylic acids is 2. The predicted octanol–water partition coefficient (Wildman–Crippen LogP) is 1.72. The molecule has 4 rings (SSSR count). The summed E-state index contributed by atoms with van der Waals surface area (Å²) in [6, 6.07) is 9.48. The Bertz CT molecular complexity index is 1400. The van der Waals surface area contributed by atoms with E-state index in [1.807, 2.05) is 0 Å². The Morgan fingerprint density at radius 2 is 1.77 bits per heavy atom. The number of aromatic nitrogens is 2. The first-order chi connectivity index (χ1) is 14.5. The number of hydrogen-bond acceptors (Lipinski definition) is 6. The lowest BCUT2D eigenvalue weighted by Crippen LogP contribution is -2.40. The van der Waals surface area contributed by atoms with Gasteiger partial charge in [0.05, 0.1) is 22.2 Å². The van der Waals surface area contributed by atoms with Gasteiger partial charge in [-0.25, -0.2) is 18.2 Å². The normalized spacial score (nSPS) is 19.1. The largest absolute Gasteiger partial charge is 0.325 e. The van der Waals surface area contributed by atoms with Crippen molar-refractivity contribution in [1.29, 1.82) is 0 Å². The second-order valence-corrected chi connectivity index (χ2v) is 9.86. The maximum Gasteiger partial charge on any atom is 0.325 e. The van der Waals surface area contributed by atoms with E-state index in [4.69, 9.17) is 11.6 Å². The highest BCUT2D eigenvalue weighted by molar-refractivity contribution is 7.90. The van der Waals surface area contributed by atoms with Crippen LogP contribution in [0.1, 0.15) is 18.2 Å². The SMILES string of the molecule is CC1(c2ccc(S(C)(=O)=O)cc2)NC(=O)N(Cc2cc(=O)n3cc(Cl)ccc3n2)C1=O. The highest BCUT2D eigenvalue weighted by Crippen LogP contribution is 2.30. The van der Waals surface area contributed by atoms with E-state index in [0.717, 1.165) is 11.2 Å². The second kappa shape index (κ2) is 7.17. The van der Waals surface area contributed by atoms with E-state index >= 15 is 0 Å². The number of benzene rings is 1. The summed E-state index contributed by atoms with van der Waals surface area (Å²) in [6.45, 7) is 1.34. The molecule has 0 spiro atoms. The van der Waals surface area contributed by atoms with Crippen LogP contribution in [0.4, 0.5) is 4.79 Å². The van der Waals surface area contributed by atoms with Gasteiger partial charge in [-0.15, -0.1) is 0 Å². The molecule has 1 saturated heterocycles. The maximum atomic E-state index is 13.1. The molecule has 1 aliphatic rings. The monoisotopic (exact) mass is 460 g/mol. The molecule has 3 heterocycles. The van der Waals surface area contributed by atoms with Gasteiger partial charge < -0.3 is 5.32 Å². The maximum absolute atomic E-state index is 13.1. The van der Waals surface area contributed by atoms with Crippen LogP contribution in [0.3, 0.4) is 0 Å². The van der Waals surface area contributed by atoms with E-state index in [1.165, 1.54) is 47.9 Å². The van der Waals surface area contributed by atoms with Gasteiger partial charge in [-0.2, -0.15) is 0 Å². The number of rotatable bonds is 4. The van der Waals surface area contributed by atoms with E-state index < -0.39 is 32.9 Å². The van der Waals surface area contributed by atoms with Gasteiger partial charge in [0.15, 0.2) is 9.84 Å². The number of fused-ring (bicyclic) bond motifs is 1. The summed E-state index contributed by atoms with van der Waals surface area (Å²) in [5.74, 6) is -0.539. The lowest BCUT2D eigenvalue weighted by atomic mass is 9.92. The van der Waals surface area contributed by atoms with Crippen molar-refractivity contribution in [3.05, 3.63) is 75.3 Å². The summed E-state index contributed by atoms with van der Waals surface area (Å²) in [5, 5.41) is 3.01. The number of nitrogens with zero attached hydrogens (tertiary/aromatic N) is 3. The van der Waals surface area contributed by atoms with E-state index in [1.54, 1.807) is 12.1 Å².